The maximum absolute atomic E-state index is 6.15. The smallest absolute Gasteiger partial charge is 0.0257 e. The number of hydrogen-bond donors (Lipinski definition) is 0. The average Bonchev–Trinajstić information content (AvgIpc) is 2.81. The zero-order chi connectivity index (χ0) is 11.4. The molecular formula is C15H21Cl. The zero-order valence-electron chi connectivity index (χ0n) is 10.1. The summed E-state index contributed by atoms with van der Waals surface area (Å²) in [6, 6.07) is 8.71. The van der Waals surface area contributed by atoms with Crippen LogP contribution in [0.1, 0.15) is 36.8 Å². The van der Waals surface area contributed by atoms with Gasteiger partial charge in [0.05, 0.1) is 0 Å². The van der Waals surface area contributed by atoms with Crippen molar-refractivity contribution >= 4 is 11.6 Å². The van der Waals surface area contributed by atoms with Crippen LogP contribution in [0.2, 0.25) is 0 Å². The third-order valence-corrected chi connectivity index (χ3v) is 4.40. The highest BCUT2D eigenvalue weighted by atomic mass is 35.5. The molecule has 1 heteroatoms. The van der Waals surface area contributed by atoms with Gasteiger partial charge in [0.25, 0.3) is 0 Å². The Balaban J connectivity index is 2.03. The Bertz CT molecular complexity index is 326. The van der Waals surface area contributed by atoms with E-state index in [0.29, 0.717) is 5.92 Å². The number of rotatable bonds is 4. The summed E-state index contributed by atoms with van der Waals surface area (Å²) in [5.41, 5.74) is 2.90. The highest BCUT2D eigenvalue weighted by Gasteiger charge is 2.24. The fraction of sp³-hybridized carbons (Fsp3) is 0.600. The van der Waals surface area contributed by atoms with E-state index in [2.05, 4.69) is 31.2 Å². The van der Waals surface area contributed by atoms with Gasteiger partial charge in [0.2, 0.25) is 0 Å². The van der Waals surface area contributed by atoms with Crippen LogP contribution in [0, 0.1) is 18.8 Å². The van der Waals surface area contributed by atoms with Crippen LogP contribution >= 0.6 is 11.6 Å². The summed E-state index contributed by atoms with van der Waals surface area (Å²) in [7, 11) is 0. The Morgan fingerprint density at radius 1 is 1.25 bits per heavy atom. The Hall–Kier alpha value is -0.490. The molecule has 1 aliphatic carbocycles. The molecule has 1 aromatic rings. The van der Waals surface area contributed by atoms with Crippen molar-refractivity contribution < 1.29 is 0 Å². The quantitative estimate of drug-likeness (QED) is 0.672. The molecule has 0 N–H and O–H groups in total. The maximum Gasteiger partial charge on any atom is 0.0257 e. The predicted molar refractivity (Wildman–Crippen MR) is 71.1 cm³/mol. The summed E-state index contributed by atoms with van der Waals surface area (Å²) < 4.78 is 0. The number of aryl methyl sites for hydroxylation is 1. The molecule has 0 aliphatic heterocycles. The molecule has 0 heterocycles. The van der Waals surface area contributed by atoms with Crippen molar-refractivity contribution in [2.45, 2.75) is 39.0 Å². The molecule has 2 rings (SSSR count). The number of hydrogen-bond acceptors (Lipinski definition) is 0. The molecule has 0 aromatic heterocycles. The van der Waals surface area contributed by atoms with E-state index in [1.807, 2.05) is 0 Å². The largest absolute Gasteiger partial charge is 0.126 e. The molecule has 0 radical (unpaired) electrons. The molecule has 16 heavy (non-hydrogen) atoms. The van der Waals surface area contributed by atoms with Crippen LogP contribution in [-0.2, 0) is 6.42 Å². The molecule has 1 fully saturated rings. The van der Waals surface area contributed by atoms with Crippen LogP contribution in [0.4, 0.5) is 0 Å². The van der Waals surface area contributed by atoms with Gasteiger partial charge in [0.15, 0.2) is 0 Å². The third kappa shape index (κ3) is 2.79. The van der Waals surface area contributed by atoms with Crippen LogP contribution < -0.4 is 0 Å². The van der Waals surface area contributed by atoms with Crippen LogP contribution in [0.5, 0.6) is 0 Å². The van der Waals surface area contributed by atoms with Crippen LogP contribution in [0.25, 0.3) is 0 Å². The second-order valence-electron chi connectivity index (χ2n) is 5.09. The van der Waals surface area contributed by atoms with Gasteiger partial charge in [0.1, 0.15) is 0 Å². The first-order valence-corrected chi connectivity index (χ1v) is 6.95. The lowest BCUT2D eigenvalue weighted by atomic mass is 9.86. The molecule has 1 atom stereocenters. The number of alkyl halides is 1. The molecule has 88 valence electrons. The first-order valence-electron chi connectivity index (χ1n) is 6.41. The Morgan fingerprint density at radius 3 is 2.56 bits per heavy atom. The average molecular weight is 237 g/mol. The molecule has 1 unspecified atom stereocenters. The topological polar surface area (TPSA) is 0 Å². The van der Waals surface area contributed by atoms with E-state index in [4.69, 9.17) is 11.6 Å². The fourth-order valence-corrected chi connectivity index (χ4v) is 3.26. The predicted octanol–water partition coefficient (Wildman–Crippen LogP) is 4.58. The van der Waals surface area contributed by atoms with Gasteiger partial charge in [-0.25, -0.2) is 0 Å². The van der Waals surface area contributed by atoms with Crippen molar-refractivity contribution in [2.24, 2.45) is 11.8 Å². The van der Waals surface area contributed by atoms with E-state index in [9.17, 15) is 0 Å². The summed E-state index contributed by atoms with van der Waals surface area (Å²) in [5.74, 6) is 2.38. The standard InChI is InChI=1S/C15H21Cl/c1-12-6-2-3-9-14(12)10-15(11-16)13-7-4-5-8-13/h2-3,6,9,13,15H,4-5,7-8,10-11H2,1H3. The van der Waals surface area contributed by atoms with Gasteiger partial charge in [-0.15, -0.1) is 11.6 Å². The minimum Gasteiger partial charge on any atom is -0.126 e. The molecule has 0 spiro atoms. The molecule has 1 saturated carbocycles. The Labute approximate surface area is 104 Å². The first-order chi connectivity index (χ1) is 7.81. The maximum atomic E-state index is 6.15. The minimum absolute atomic E-state index is 0.685. The lowest BCUT2D eigenvalue weighted by Gasteiger charge is -2.21. The van der Waals surface area contributed by atoms with Gasteiger partial charge in [-0.2, -0.15) is 0 Å². The van der Waals surface area contributed by atoms with Gasteiger partial charge in [-0.3, -0.25) is 0 Å². The highest BCUT2D eigenvalue weighted by molar-refractivity contribution is 6.18. The molecule has 0 saturated heterocycles. The van der Waals surface area contributed by atoms with Crippen molar-refractivity contribution in [1.82, 2.24) is 0 Å². The van der Waals surface area contributed by atoms with E-state index in [1.165, 1.54) is 43.2 Å². The monoisotopic (exact) mass is 236 g/mol. The molecule has 1 aromatic carbocycles. The van der Waals surface area contributed by atoms with E-state index in [1.54, 1.807) is 0 Å². The highest BCUT2D eigenvalue weighted by Crippen LogP contribution is 2.34. The van der Waals surface area contributed by atoms with Crippen molar-refractivity contribution in [3.05, 3.63) is 35.4 Å². The van der Waals surface area contributed by atoms with E-state index < -0.39 is 0 Å². The van der Waals surface area contributed by atoms with Crippen molar-refractivity contribution in [1.29, 1.82) is 0 Å². The molecular weight excluding hydrogens is 216 g/mol. The van der Waals surface area contributed by atoms with Crippen molar-refractivity contribution in [2.75, 3.05) is 5.88 Å². The number of halogens is 1. The van der Waals surface area contributed by atoms with Crippen LogP contribution in [-0.4, -0.2) is 5.88 Å². The van der Waals surface area contributed by atoms with Crippen LogP contribution in [0.3, 0.4) is 0 Å². The summed E-state index contributed by atoms with van der Waals surface area (Å²) in [4.78, 5) is 0. The fourth-order valence-electron chi connectivity index (χ4n) is 2.90. The summed E-state index contributed by atoms with van der Waals surface area (Å²) in [6.45, 7) is 2.20. The van der Waals surface area contributed by atoms with Crippen molar-refractivity contribution in [3.63, 3.8) is 0 Å². The van der Waals surface area contributed by atoms with Gasteiger partial charge in [-0.1, -0.05) is 49.9 Å². The van der Waals surface area contributed by atoms with Gasteiger partial charge in [0, 0.05) is 5.88 Å². The normalized spacial score (nSPS) is 18.9. The second-order valence-corrected chi connectivity index (χ2v) is 5.40. The lowest BCUT2D eigenvalue weighted by molar-refractivity contribution is 0.369. The third-order valence-electron chi connectivity index (χ3n) is 4.01. The summed E-state index contributed by atoms with van der Waals surface area (Å²) in [5, 5.41) is 0. The molecule has 1 aliphatic rings. The lowest BCUT2D eigenvalue weighted by Crippen LogP contribution is -2.16. The minimum atomic E-state index is 0.685. The molecule has 0 nitrogen and oxygen atoms in total. The van der Waals surface area contributed by atoms with E-state index >= 15 is 0 Å². The van der Waals surface area contributed by atoms with Crippen LogP contribution in [0.15, 0.2) is 24.3 Å². The van der Waals surface area contributed by atoms with Gasteiger partial charge < -0.3 is 0 Å². The Morgan fingerprint density at radius 2 is 1.94 bits per heavy atom. The second kappa shape index (κ2) is 5.72. The van der Waals surface area contributed by atoms with Gasteiger partial charge in [-0.05, 0) is 36.3 Å². The zero-order valence-corrected chi connectivity index (χ0v) is 10.8. The van der Waals surface area contributed by atoms with E-state index in [0.717, 1.165) is 11.8 Å². The van der Waals surface area contributed by atoms with Gasteiger partial charge >= 0.3 is 0 Å². The summed E-state index contributed by atoms with van der Waals surface area (Å²) in [6.07, 6.45) is 6.77. The van der Waals surface area contributed by atoms with E-state index in [-0.39, 0.29) is 0 Å². The number of benzene rings is 1. The summed E-state index contributed by atoms with van der Waals surface area (Å²) >= 11 is 6.15. The SMILES string of the molecule is Cc1ccccc1CC(CCl)C1CCCC1. The first kappa shape index (κ1) is 12.0. The molecule has 0 amide bonds. The Kier molecular flexibility index (Phi) is 4.29. The van der Waals surface area contributed by atoms with Crippen molar-refractivity contribution in [3.8, 4) is 0 Å². The molecule has 0 bridgehead atoms.